The molecule has 1 N–H and O–H groups in total. The molecule has 4 aromatic rings. The third kappa shape index (κ3) is 5.96. The number of carbonyl (C=O) groups excluding carboxylic acids is 4. The van der Waals surface area contributed by atoms with E-state index >= 15 is 4.39 Å². The molecule has 2 saturated heterocycles. The Hall–Kier alpha value is -4.63. The number of carbonyl (C=O) groups is 4. The Bertz CT molecular complexity index is 2190. The van der Waals surface area contributed by atoms with Crippen molar-refractivity contribution in [2.45, 2.75) is 58.7 Å². The van der Waals surface area contributed by atoms with Gasteiger partial charge < -0.3 is 4.90 Å². The van der Waals surface area contributed by atoms with E-state index in [4.69, 9.17) is 16.6 Å². The molecule has 1 unspecified atom stereocenters. The maximum absolute atomic E-state index is 15.4. The number of aliphatic imine (C=N–C) groups is 1. The predicted octanol–water partition coefficient (Wildman–Crippen LogP) is 4.55. The number of rotatable bonds is 7. The van der Waals surface area contributed by atoms with Crippen LogP contribution in [-0.2, 0) is 16.1 Å². The van der Waals surface area contributed by atoms with E-state index in [1.807, 2.05) is 31.2 Å². The number of nitrogens with zero attached hydrogens (tertiary/aromatic N) is 7. The number of aryl methyl sites for hydroxylation is 2. The molecule has 0 saturated carbocycles. The van der Waals surface area contributed by atoms with Gasteiger partial charge in [-0.05, 0) is 63.4 Å². The Kier molecular flexibility index (Phi) is 8.88. The third-order valence-electron chi connectivity index (χ3n) is 10.5. The molecule has 0 radical (unpaired) electrons. The van der Waals surface area contributed by atoms with Gasteiger partial charge in [0.1, 0.15) is 28.7 Å². The van der Waals surface area contributed by atoms with Crippen molar-refractivity contribution in [3.8, 4) is 5.00 Å². The Morgan fingerprint density at radius 1 is 0.942 bits per heavy atom. The van der Waals surface area contributed by atoms with E-state index in [-0.39, 0.29) is 36.6 Å². The first-order valence-electron chi connectivity index (χ1n) is 17.3. The maximum Gasteiger partial charge on any atom is 0.262 e. The fourth-order valence-corrected chi connectivity index (χ4v) is 8.90. The van der Waals surface area contributed by atoms with Crippen LogP contribution < -0.4 is 5.32 Å². The molecule has 0 bridgehead atoms. The molecular weight excluding hydrogens is 707 g/mol. The van der Waals surface area contributed by atoms with Gasteiger partial charge in [0.2, 0.25) is 11.8 Å². The summed E-state index contributed by atoms with van der Waals surface area (Å²) >= 11 is 7.99. The van der Waals surface area contributed by atoms with E-state index in [0.29, 0.717) is 23.7 Å². The zero-order chi connectivity index (χ0) is 36.4. The summed E-state index contributed by atoms with van der Waals surface area (Å²) in [6, 6.07) is 9.01. The van der Waals surface area contributed by atoms with Crippen molar-refractivity contribution in [1.29, 1.82) is 0 Å². The highest BCUT2D eigenvalue weighted by molar-refractivity contribution is 7.15. The monoisotopic (exact) mass is 742 g/mol. The zero-order valence-electron chi connectivity index (χ0n) is 28.9. The van der Waals surface area contributed by atoms with Crippen molar-refractivity contribution in [1.82, 2.24) is 34.8 Å². The summed E-state index contributed by atoms with van der Waals surface area (Å²) in [7, 11) is 0. The van der Waals surface area contributed by atoms with Gasteiger partial charge in [0.05, 0.1) is 16.8 Å². The molecular formula is C37H36ClFN8O4S. The van der Waals surface area contributed by atoms with Crippen molar-refractivity contribution in [2.24, 2.45) is 4.99 Å². The number of halogens is 2. The van der Waals surface area contributed by atoms with Gasteiger partial charge in [-0.15, -0.1) is 21.5 Å². The van der Waals surface area contributed by atoms with Crippen molar-refractivity contribution >= 4 is 52.3 Å². The second-order valence-corrected chi connectivity index (χ2v) is 15.4. The lowest BCUT2D eigenvalue weighted by Crippen LogP contribution is -2.54. The van der Waals surface area contributed by atoms with Crippen LogP contribution >= 0.6 is 22.9 Å². The molecule has 15 heteroatoms. The SMILES string of the molecule is Cc1sc2c(c1C)C(c1ccc(Cl)cc1)=N[C@@H](CCN1CCN(Cc3cc4c(cc3F)C(=O)N(C3CCC(=O)NC3=O)C4=O)CC1)c1nnc(C)n1-2. The first kappa shape index (κ1) is 34.5. The minimum atomic E-state index is -1.10. The van der Waals surface area contributed by atoms with Crippen LogP contribution in [0.1, 0.15) is 84.8 Å². The summed E-state index contributed by atoms with van der Waals surface area (Å²) in [5, 5.41) is 13.0. The molecule has 2 aromatic carbocycles. The number of imide groups is 2. The number of fused-ring (bicyclic) bond motifs is 4. The number of hydrogen-bond donors (Lipinski definition) is 1. The number of thiophene rings is 1. The van der Waals surface area contributed by atoms with E-state index in [0.717, 1.165) is 70.5 Å². The van der Waals surface area contributed by atoms with E-state index in [2.05, 4.69) is 43.7 Å². The van der Waals surface area contributed by atoms with Crippen LogP contribution in [0.3, 0.4) is 0 Å². The Balaban J connectivity index is 0.956. The van der Waals surface area contributed by atoms with Gasteiger partial charge in [-0.2, -0.15) is 0 Å². The molecule has 2 aromatic heterocycles. The van der Waals surface area contributed by atoms with Crippen LogP contribution in [0.5, 0.6) is 0 Å². The first-order valence-corrected chi connectivity index (χ1v) is 18.5. The Morgan fingerprint density at radius 3 is 2.35 bits per heavy atom. The van der Waals surface area contributed by atoms with Crippen molar-refractivity contribution in [3.63, 3.8) is 0 Å². The van der Waals surface area contributed by atoms with Crippen molar-refractivity contribution < 1.29 is 23.6 Å². The van der Waals surface area contributed by atoms with Crippen LogP contribution in [0.2, 0.25) is 5.02 Å². The summed E-state index contributed by atoms with van der Waals surface area (Å²) in [6.45, 7) is 10.2. The molecule has 6 heterocycles. The van der Waals surface area contributed by atoms with Crippen LogP contribution in [0.15, 0.2) is 41.4 Å². The summed E-state index contributed by atoms with van der Waals surface area (Å²) in [6.07, 6.45) is 0.784. The zero-order valence-corrected chi connectivity index (χ0v) is 30.5. The molecule has 4 aliphatic heterocycles. The molecule has 4 aliphatic rings. The topological polar surface area (TPSA) is 133 Å². The van der Waals surface area contributed by atoms with Gasteiger partial charge in [0.25, 0.3) is 11.8 Å². The van der Waals surface area contributed by atoms with E-state index in [1.165, 1.54) is 16.5 Å². The highest BCUT2D eigenvalue weighted by atomic mass is 35.5. The molecule has 52 heavy (non-hydrogen) atoms. The average molecular weight is 743 g/mol. The molecule has 12 nitrogen and oxygen atoms in total. The number of aromatic nitrogens is 3. The van der Waals surface area contributed by atoms with Gasteiger partial charge >= 0.3 is 0 Å². The molecule has 2 atom stereocenters. The van der Waals surface area contributed by atoms with Gasteiger partial charge in [-0.1, -0.05) is 23.7 Å². The van der Waals surface area contributed by atoms with Crippen LogP contribution in [-0.4, -0.2) is 97.6 Å². The standard InChI is InChI=1S/C37H36ClFN8O4S/c1-19-20(2)52-37-31(19)32(22-4-6-24(38)7-5-22)40-28(33-43-42-21(3)46(33)37)10-11-44-12-14-45(15-13-44)18-23-16-25-26(17-27(23)39)36(51)47(35(25)50)29-8-9-30(48)41-34(29)49/h4-7,16-17,28-29H,8-15,18H2,1-3H3,(H,41,48,49)/t28-,29?/m0/s1. The van der Waals surface area contributed by atoms with Crippen LogP contribution in [0.4, 0.5) is 4.39 Å². The maximum atomic E-state index is 15.4. The van der Waals surface area contributed by atoms with Gasteiger partial charge in [0.15, 0.2) is 5.82 Å². The normalized spacial score (nSPS) is 20.8. The number of benzene rings is 2. The minimum absolute atomic E-state index is 0.0181. The number of amides is 4. The molecule has 0 aliphatic carbocycles. The van der Waals surface area contributed by atoms with Gasteiger partial charge in [0, 0.05) is 72.3 Å². The van der Waals surface area contributed by atoms with Crippen molar-refractivity contribution in [3.05, 3.63) is 97.1 Å². The lowest BCUT2D eigenvalue weighted by atomic mass is 9.99. The second kappa shape index (κ2) is 13.4. The summed E-state index contributed by atoms with van der Waals surface area (Å²) in [5.74, 6) is -1.46. The van der Waals surface area contributed by atoms with Gasteiger partial charge in [-0.25, -0.2) is 4.39 Å². The lowest BCUT2D eigenvalue weighted by molar-refractivity contribution is -0.136. The Labute approximate surface area is 308 Å². The molecule has 8 rings (SSSR count). The van der Waals surface area contributed by atoms with Crippen LogP contribution in [0.25, 0.3) is 5.00 Å². The summed E-state index contributed by atoms with van der Waals surface area (Å²) in [4.78, 5) is 62.4. The van der Waals surface area contributed by atoms with E-state index in [9.17, 15) is 19.2 Å². The molecule has 4 amide bonds. The molecule has 268 valence electrons. The highest BCUT2D eigenvalue weighted by Crippen LogP contribution is 2.40. The Morgan fingerprint density at radius 2 is 1.63 bits per heavy atom. The van der Waals surface area contributed by atoms with E-state index in [1.54, 1.807) is 11.3 Å². The smallest absolute Gasteiger partial charge is 0.262 e. The third-order valence-corrected chi connectivity index (χ3v) is 12.0. The second-order valence-electron chi connectivity index (χ2n) is 13.7. The number of piperidine rings is 1. The summed E-state index contributed by atoms with van der Waals surface area (Å²) in [5.41, 5.74) is 4.53. The number of nitrogens with one attached hydrogen (secondary N) is 1. The van der Waals surface area contributed by atoms with Gasteiger partial charge in [-0.3, -0.25) is 43.9 Å². The quantitative estimate of drug-likeness (QED) is 0.273. The first-order chi connectivity index (χ1) is 25.0. The summed E-state index contributed by atoms with van der Waals surface area (Å²) < 4.78 is 17.5. The van der Waals surface area contributed by atoms with Crippen molar-refractivity contribution in [2.75, 3.05) is 32.7 Å². The fraction of sp³-hybridized carbons (Fsp3) is 0.378. The minimum Gasteiger partial charge on any atom is -0.301 e. The number of hydrogen-bond acceptors (Lipinski definition) is 10. The molecule has 2 fully saturated rings. The average Bonchev–Trinajstić information content (AvgIpc) is 3.68. The van der Waals surface area contributed by atoms with Crippen LogP contribution in [0, 0.1) is 26.6 Å². The highest BCUT2D eigenvalue weighted by Gasteiger charge is 2.45. The van der Waals surface area contributed by atoms with E-state index < -0.39 is 35.5 Å². The molecule has 0 spiro atoms. The largest absolute Gasteiger partial charge is 0.301 e. The lowest BCUT2D eigenvalue weighted by Gasteiger charge is -2.35. The number of piperazine rings is 1. The predicted molar refractivity (Wildman–Crippen MR) is 193 cm³/mol. The fourth-order valence-electron chi connectivity index (χ4n) is 7.56.